The van der Waals surface area contributed by atoms with E-state index in [9.17, 15) is 13.2 Å². The molecule has 1 aliphatic rings. The van der Waals surface area contributed by atoms with Crippen molar-refractivity contribution in [2.24, 2.45) is 5.16 Å². The molecule has 1 unspecified atom stereocenters. The van der Waals surface area contributed by atoms with Crippen LogP contribution in [0.25, 0.3) is 5.57 Å². The average Bonchev–Trinajstić information content (AvgIpc) is 3.39. The first-order valence-corrected chi connectivity index (χ1v) is 16.0. The zero-order chi connectivity index (χ0) is 27.2. The molecule has 204 valence electrons. The maximum Gasteiger partial charge on any atom is 0.358 e. The number of rotatable bonds is 16. The minimum Gasteiger partial charge on any atom is -0.264 e. The van der Waals surface area contributed by atoms with Gasteiger partial charge in [-0.2, -0.15) is 8.42 Å². The second kappa shape index (κ2) is 15.7. The first-order chi connectivity index (χ1) is 18.4. The van der Waals surface area contributed by atoms with Gasteiger partial charge in [0.15, 0.2) is 0 Å². The van der Waals surface area contributed by atoms with Gasteiger partial charge in [-0.1, -0.05) is 124 Å². The number of benzene rings is 2. The third-order valence-electron chi connectivity index (χ3n) is 6.75. The smallest absolute Gasteiger partial charge is 0.264 e. The van der Waals surface area contributed by atoms with Gasteiger partial charge in [-0.3, -0.25) is 4.28 Å². The van der Waals surface area contributed by atoms with Crippen molar-refractivity contribution in [3.63, 3.8) is 0 Å². The molecule has 7 heteroatoms. The van der Waals surface area contributed by atoms with Crippen molar-refractivity contribution < 1.29 is 17.5 Å². The summed E-state index contributed by atoms with van der Waals surface area (Å²) in [4.78, 5) is 11.7. The van der Waals surface area contributed by atoms with E-state index in [-0.39, 0.29) is 10.1 Å². The molecule has 1 atom stereocenters. The van der Waals surface area contributed by atoms with Gasteiger partial charge < -0.3 is 0 Å². The number of hydrogen-bond acceptors (Lipinski definition) is 6. The Morgan fingerprint density at radius 3 is 2.18 bits per heavy atom. The monoisotopic (exact) mass is 553 g/mol. The number of hydrogen-bond donors (Lipinski definition) is 0. The lowest BCUT2D eigenvalue weighted by molar-refractivity contribution is 0.340. The Bertz CT molecular complexity index is 1240. The van der Waals surface area contributed by atoms with Crippen molar-refractivity contribution >= 4 is 38.4 Å². The van der Waals surface area contributed by atoms with Crippen LogP contribution in [0.1, 0.15) is 87.8 Å². The largest absolute Gasteiger partial charge is 0.358 e. The molecule has 0 bridgehead atoms. The molecule has 0 aliphatic carbocycles. The van der Waals surface area contributed by atoms with Crippen LogP contribution < -0.4 is 0 Å². The summed E-state index contributed by atoms with van der Waals surface area (Å²) in [5, 5.41) is 3.93. The summed E-state index contributed by atoms with van der Waals surface area (Å²) >= 11 is 1.26. The lowest BCUT2D eigenvalue weighted by atomic mass is 9.99. The maximum atomic E-state index is 12.7. The molecule has 1 aliphatic heterocycles. The fourth-order valence-electron chi connectivity index (χ4n) is 4.50. The highest BCUT2D eigenvalue weighted by atomic mass is 32.2. The van der Waals surface area contributed by atoms with Crippen LogP contribution in [0.2, 0.25) is 0 Å². The van der Waals surface area contributed by atoms with Gasteiger partial charge in [-0.15, -0.1) is 0 Å². The molecule has 1 heterocycles. The van der Waals surface area contributed by atoms with E-state index < -0.39 is 10.1 Å². The molecular formula is C31H39NO4S2. The summed E-state index contributed by atoms with van der Waals surface area (Å²) in [6.45, 7) is 4.18. The van der Waals surface area contributed by atoms with E-state index in [0.717, 1.165) is 29.5 Å². The number of nitrogens with zero attached hydrogens (tertiary/aromatic N) is 1. The Morgan fingerprint density at radius 2 is 1.55 bits per heavy atom. The SMILES string of the molecule is CCCCCCCCCCCCc1ccc(S(=O)(=O)O/N=C2/C=CC(C(=C=O)c3ccccc3C)S2)cc1. The van der Waals surface area contributed by atoms with Gasteiger partial charge >= 0.3 is 10.1 Å². The molecule has 38 heavy (non-hydrogen) atoms. The molecule has 0 saturated heterocycles. The molecule has 0 fully saturated rings. The number of unbranched alkanes of at least 4 members (excludes halogenated alkanes) is 9. The van der Waals surface area contributed by atoms with Gasteiger partial charge in [0.2, 0.25) is 0 Å². The van der Waals surface area contributed by atoms with Crippen molar-refractivity contribution in [2.45, 2.75) is 94.6 Å². The lowest BCUT2D eigenvalue weighted by Crippen LogP contribution is -2.05. The van der Waals surface area contributed by atoms with Crippen LogP contribution in [0.15, 0.2) is 70.7 Å². The van der Waals surface area contributed by atoms with Crippen molar-refractivity contribution in [1.82, 2.24) is 0 Å². The standard InChI is InChI=1S/C31H39NO4S2/c1-3-4-5-6-7-8-9-10-11-12-16-26-18-20-27(21-19-26)38(34,35)36-32-31-23-22-30(37-31)29(24-33)28-17-14-13-15-25(28)2/h13-15,17-23,30H,3-12,16H2,1-2H3/b32-31-. The summed E-state index contributed by atoms with van der Waals surface area (Å²) in [5.41, 5.74) is 3.41. The normalized spacial score (nSPS) is 16.1. The Morgan fingerprint density at radius 1 is 0.921 bits per heavy atom. The van der Waals surface area contributed by atoms with Crippen LogP contribution in [0.3, 0.4) is 0 Å². The van der Waals surface area contributed by atoms with Crippen molar-refractivity contribution in [1.29, 1.82) is 0 Å². The molecule has 3 rings (SSSR count). The molecule has 0 aromatic heterocycles. The quantitative estimate of drug-likeness (QED) is 0.119. The fraction of sp³-hybridized carbons (Fsp3) is 0.452. The summed E-state index contributed by atoms with van der Waals surface area (Å²) < 4.78 is 30.3. The molecular weight excluding hydrogens is 514 g/mol. The fourth-order valence-corrected chi connectivity index (χ4v) is 6.22. The first-order valence-electron chi connectivity index (χ1n) is 13.7. The molecule has 0 saturated carbocycles. The number of carbonyl (C=O) groups excluding carboxylic acids is 1. The molecule has 0 amide bonds. The molecule has 2 aromatic rings. The second-order valence-electron chi connectivity index (χ2n) is 9.76. The minimum absolute atomic E-state index is 0.0746. The predicted octanol–water partition coefficient (Wildman–Crippen LogP) is 8.06. The summed E-state index contributed by atoms with van der Waals surface area (Å²) in [6, 6.07) is 14.4. The van der Waals surface area contributed by atoms with Crippen LogP contribution in [-0.4, -0.2) is 24.7 Å². The van der Waals surface area contributed by atoms with Crippen LogP contribution in [0.4, 0.5) is 0 Å². The minimum atomic E-state index is -4.03. The Labute approximate surface area is 232 Å². The van der Waals surface area contributed by atoms with Gasteiger partial charge in [0.1, 0.15) is 15.9 Å². The number of oxime groups is 1. The molecule has 2 aromatic carbocycles. The summed E-state index contributed by atoms with van der Waals surface area (Å²) in [6.07, 6.45) is 17.3. The molecule has 5 nitrogen and oxygen atoms in total. The van der Waals surface area contributed by atoms with Gasteiger partial charge in [0.05, 0.1) is 10.8 Å². The van der Waals surface area contributed by atoms with Crippen molar-refractivity contribution in [2.75, 3.05) is 0 Å². The maximum absolute atomic E-state index is 12.7. The van der Waals surface area contributed by atoms with Gasteiger partial charge in [0, 0.05) is 0 Å². The zero-order valence-corrected chi connectivity index (χ0v) is 24.2. The van der Waals surface area contributed by atoms with Crippen LogP contribution in [-0.2, 0) is 25.6 Å². The zero-order valence-electron chi connectivity index (χ0n) is 22.5. The number of aryl methyl sites for hydroxylation is 2. The Hall–Kier alpha value is -2.60. The number of thioether (sulfide) groups is 1. The van der Waals surface area contributed by atoms with Crippen molar-refractivity contribution in [3.05, 3.63) is 77.4 Å². The van der Waals surface area contributed by atoms with E-state index in [1.165, 1.54) is 69.5 Å². The van der Waals surface area contributed by atoms with Crippen LogP contribution in [0.5, 0.6) is 0 Å². The van der Waals surface area contributed by atoms with E-state index >= 15 is 0 Å². The highest BCUT2D eigenvalue weighted by Gasteiger charge is 2.24. The second-order valence-corrected chi connectivity index (χ2v) is 12.5. The third kappa shape index (κ3) is 9.30. The summed E-state index contributed by atoms with van der Waals surface area (Å²) in [7, 11) is -4.03. The van der Waals surface area contributed by atoms with E-state index in [4.69, 9.17) is 4.28 Å². The topological polar surface area (TPSA) is 72.8 Å². The molecule has 0 N–H and O–H groups in total. The van der Waals surface area contributed by atoms with E-state index in [0.29, 0.717) is 10.6 Å². The van der Waals surface area contributed by atoms with Gasteiger partial charge in [0.25, 0.3) is 0 Å². The van der Waals surface area contributed by atoms with E-state index in [2.05, 4.69) is 12.1 Å². The molecule has 0 radical (unpaired) electrons. The van der Waals surface area contributed by atoms with Crippen LogP contribution >= 0.6 is 11.8 Å². The average molecular weight is 554 g/mol. The van der Waals surface area contributed by atoms with Gasteiger partial charge in [-0.05, 0) is 54.7 Å². The van der Waals surface area contributed by atoms with Crippen LogP contribution in [0, 0.1) is 6.92 Å². The lowest BCUT2D eigenvalue weighted by Gasteiger charge is -2.11. The van der Waals surface area contributed by atoms with E-state index in [1.807, 2.05) is 49.3 Å². The third-order valence-corrected chi connectivity index (χ3v) is 8.97. The Balaban J connectivity index is 1.43. The Kier molecular flexibility index (Phi) is 12.4. The highest BCUT2D eigenvalue weighted by Crippen LogP contribution is 2.34. The summed E-state index contributed by atoms with van der Waals surface area (Å²) in [5.74, 6) is 2.04. The first kappa shape index (κ1) is 29.9. The van der Waals surface area contributed by atoms with Crippen molar-refractivity contribution in [3.8, 4) is 0 Å². The highest BCUT2D eigenvalue weighted by molar-refractivity contribution is 8.15. The van der Waals surface area contributed by atoms with E-state index in [1.54, 1.807) is 24.3 Å². The van der Waals surface area contributed by atoms with Gasteiger partial charge in [-0.25, -0.2) is 4.79 Å². The predicted molar refractivity (Wildman–Crippen MR) is 158 cm³/mol. The molecule has 0 spiro atoms.